The number of thiazole rings is 1. The first-order chi connectivity index (χ1) is 10.9. The summed E-state index contributed by atoms with van der Waals surface area (Å²) >= 11 is 9.00. The summed E-state index contributed by atoms with van der Waals surface area (Å²) in [6.07, 6.45) is 3.49. The smallest absolute Gasteiger partial charge is 0.220 e. The van der Waals surface area contributed by atoms with E-state index in [1.165, 1.54) is 6.92 Å². The Morgan fingerprint density at radius 3 is 2.87 bits per heavy atom. The molecule has 2 aromatic heterocycles. The first-order valence-corrected chi connectivity index (χ1v) is 9.16. The zero-order chi connectivity index (χ0) is 16.5. The number of carbonyl (C=O) groups is 1. The molecule has 2 unspecified atom stereocenters. The molecule has 122 valence electrons. The van der Waals surface area contributed by atoms with Crippen molar-refractivity contribution in [3.63, 3.8) is 0 Å². The van der Waals surface area contributed by atoms with Gasteiger partial charge >= 0.3 is 0 Å². The van der Waals surface area contributed by atoms with E-state index in [1.807, 2.05) is 17.8 Å². The molecule has 0 aromatic carbocycles. The van der Waals surface area contributed by atoms with Crippen LogP contribution in [0.15, 0.2) is 30.0 Å². The summed E-state index contributed by atoms with van der Waals surface area (Å²) in [5.74, 6) is 0.650. The molecular weight excluding hydrogens is 354 g/mol. The van der Waals surface area contributed by atoms with Crippen molar-refractivity contribution in [2.75, 3.05) is 11.1 Å². The number of thioether (sulfide) groups is 1. The zero-order valence-corrected chi connectivity index (χ0v) is 15.0. The molecule has 1 fully saturated rings. The van der Waals surface area contributed by atoms with Crippen molar-refractivity contribution in [1.82, 2.24) is 20.6 Å². The van der Waals surface area contributed by atoms with Crippen molar-refractivity contribution in [2.45, 2.75) is 24.5 Å². The lowest BCUT2D eigenvalue weighted by Crippen LogP contribution is -2.61. The highest BCUT2D eigenvalue weighted by Crippen LogP contribution is 2.41. The van der Waals surface area contributed by atoms with Gasteiger partial charge in [-0.2, -0.15) is 0 Å². The predicted octanol–water partition coefficient (Wildman–Crippen LogP) is 2.60. The van der Waals surface area contributed by atoms with Crippen molar-refractivity contribution in [3.8, 4) is 0 Å². The largest absolute Gasteiger partial charge is 0.340 e. The Morgan fingerprint density at radius 2 is 2.26 bits per heavy atom. The van der Waals surface area contributed by atoms with Crippen LogP contribution in [0.5, 0.6) is 0 Å². The monoisotopic (exact) mass is 369 g/mol. The predicted molar refractivity (Wildman–Crippen MR) is 94.5 cm³/mol. The standard InChI is InChI=1S/C14H16ClN5OS2/c1-9(21)18-14(19-10-3-4-12(15)17-5-10)20-13(2,7-23-14)11-6-16-8-22-11/h3-6,8,19-20H,7H2,1-2H3,(H,18,21). The average Bonchev–Trinajstić information content (AvgIpc) is 3.11. The lowest BCUT2D eigenvalue weighted by atomic mass is 10.0. The molecule has 1 aliphatic rings. The molecule has 6 nitrogen and oxygen atoms in total. The van der Waals surface area contributed by atoms with E-state index in [0.29, 0.717) is 5.15 Å². The number of halogens is 1. The van der Waals surface area contributed by atoms with Gasteiger partial charge in [0.2, 0.25) is 11.0 Å². The number of hydrogen-bond donors (Lipinski definition) is 3. The van der Waals surface area contributed by atoms with Crippen LogP contribution in [0, 0.1) is 0 Å². The number of carbonyl (C=O) groups excluding carboxylic acids is 1. The summed E-state index contributed by atoms with van der Waals surface area (Å²) in [7, 11) is 0. The van der Waals surface area contributed by atoms with E-state index in [1.54, 1.807) is 35.4 Å². The molecule has 0 spiro atoms. The van der Waals surface area contributed by atoms with Crippen LogP contribution in [0.4, 0.5) is 5.69 Å². The summed E-state index contributed by atoms with van der Waals surface area (Å²) in [6.45, 7) is 3.59. The number of hydrogen-bond acceptors (Lipinski definition) is 7. The second-order valence-corrected chi connectivity index (χ2v) is 7.93. The maximum atomic E-state index is 11.7. The van der Waals surface area contributed by atoms with E-state index in [2.05, 4.69) is 32.8 Å². The molecule has 0 bridgehead atoms. The third-order valence-corrected chi connectivity index (χ3v) is 6.13. The molecular formula is C14H16ClN5OS2. The van der Waals surface area contributed by atoms with Gasteiger partial charge in [-0.05, 0) is 19.1 Å². The molecule has 9 heteroatoms. The maximum absolute atomic E-state index is 11.7. The quantitative estimate of drug-likeness (QED) is 0.568. The number of pyridine rings is 1. The Morgan fingerprint density at radius 1 is 1.43 bits per heavy atom. The molecule has 0 saturated carbocycles. The molecule has 0 aliphatic carbocycles. The number of amides is 1. The van der Waals surface area contributed by atoms with Crippen LogP contribution >= 0.6 is 34.7 Å². The third-order valence-electron chi connectivity index (χ3n) is 3.41. The van der Waals surface area contributed by atoms with E-state index in [9.17, 15) is 4.79 Å². The number of aromatic nitrogens is 2. The Bertz CT molecular complexity index is 696. The Hall–Kier alpha value is -1.35. The maximum Gasteiger partial charge on any atom is 0.220 e. The van der Waals surface area contributed by atoms with Crippen LogP contribution in [0.25, 0.3) is 0 Å². The highest BCUT2D eigenvalue weighted by Gasteiger charge is 2.48. The molecule has 0 radical (unpaired) electrons. The van der Waals surface area contributed by atoms with Crippen LogP contribution < -0.4 is 16.0 Å². The molecule has 1 saturated heterocycles. The third kappa shape index (κ3) is 3.60. The van der Waals surface area contributed by atoms with Gasteiger partial charge in [-0.3, -0.25) is 15.1 Å². The van der Waals surface area contributed by atoms with Crippen LogP contribution in [-0.2, 0) is 10.3 Å². The van der Waals surface area contributed by atoms with Gasteiger partial charge in [-0.25, -0.2) is 4.98 Å². The van der Waals surface area contributed by atoms with Gasteiger partial charge in [0.1, 0.15) is 5.15 Å². The van der Waals surface area contributed by atoms with Crippen LogP contribution in [0.1, 0.15) is 18.7 Å². The summed E-state index contributed by atoms with van der Waals surface area (Å²) in [5, 5.41) is 9.38. The van der Waals surface area contributed by atoms with Gasteiger partial charge in [-0.1, -0.05) is 23.4 Å². The number of rotatable bonds is 4. The van der Waals surface area contributed by atoms with E-state index in [4.69, 9.17) is 11.6 Å². The Balaban J connectivity index is 1.86. The molecule has 3 rings (SSSR count). The molecule has 23 heavy (non-hydrogen) atoms. The minimum atomic E-state index is -0.819. The van der Waals surface area contributed by atoms with Gasteiger partial charge in [-0.15, -0.1) is 11.3 Å². The van der Waals surface area contributed by atoms with Crippen molar-refractivity contribution >= 4 is 46.3 Å². The minimum Gasteiger partial charge on any atom is -0.340 e. The van der Waals surface area contributed by atoms with Crippen molar-refractivity contribution in [3.05, 3.63) is 40.1 Å². The fourth-order valence-corrected chi connectivity index (χ4v) is 4.78. The zero-order valence-electron chi connectivity index (χ0n) is 12.6. The van der Waals surface area contributed by atoms with Crippen molar-refractivity contribution < 1.29 is 4.79 Å². The van der Waals surface area contributed by atoms with E-state index in [0.717, 1.165) is 16.3 Å². The molecule has 1 aliphatic heterocycles. The molecule has 3 heterocycles. The first-order valence-electron chi connectivity index (χ1n) is 6.92. The number of nitrogens with one attached hydrogen (secondary N) is 3. The van der Waals surface area contributed by atoms with Gasteiger partial charge in [0, 0.05) is 23.8 Å². The van der Waals surface area contributed by atoms with Gasteiger partial charge in [0.25, 0.3) is 0 Å². The second kappa shape index (κ2) is 6.27. The lowest BCUT2D eigenvalue weighted by Gasteiger charge is -2.34. The number of nitrogens with zero attached hydrogens (tertiary/aromatic N) is 2. The van der Waals surface area contributed by atoms with E-state index >= 15 is 0 Å². The molecule has 1 amide bonds. The lowest BCUT2D eigenvalue weighted by molar-refractivity contribution is -0.120. The normalized spacial score (nSPS) is 26.9. The first kappa shape index (κ1) is 16.5. The highest BCUT2D eigenvalue weighted by molar-refractivity contribution is 8.01. The Labute approximate surface area is 147 Å². The SMILES string of the molecule is CC(=O)NC1(Nc2ccc(Cl)nc2)NC(C)(c2cncs2)CS1. The van der Waals surface area contributed by atoms with Crippen LogP contribution in [-0.4, -0.2) is 26.7 Å². The van der Waals surface area contributed by atoms with Crippen molar-refractivity contribution in [2.24, 2.45) is 0 Å². The summed E-state index contributed by atoms with van der Waals surface area (Å²) in [5.41, 5.74) is 2.28. The average molecular weight is 370 g/mol. The summed E-state index contributed by atoms with van der Waals surface area (Å²) < 4.78 is 0. The topological polar surface area (TPSA) is 78.9 Å². The van der Waals surface area contributed by atoms with Gasteiger partial charge in [0.15, 0.2) is 0 Å². The summed E-state index contributed by atoms with van der Waals surface area (Å²) in [4.78, 5) is 21.0. The molecule has 2 aromatic rings. The minimum absolute atomic E-state index is 0.132. The van der Waals surface area contributed by atoms with Gasteiger partial charge < -0.3 is 10.6 Å². The number of anilines is 1. The van der Waals surface area contributed by atoms with Gasteiger partial charge in [0.05, 0.1) is 22.9 Å². The summed E-state index contributed by atoms with van der Waals surface area (Å²) in [6, 6.07) is 3.52. The fourth-order valence-electron chi connectivity index (χ4n) is 2.40. The Kier molecular flexibility index (Phi) is 4.50. The van der Waals surface area contributed by atoms with Crippen LogP contribution in [0.3, 0.4) is 0 Å². The van der Waals surface area contributed by atoms with Crippen molar-refractivity contribution in [1.29, 1.82) is 0 Å². The van der Waals surface area contributed by atoms with E-state index in [-0.39, 0.29) is 11.4 Å². The molecule has 3 N–H and O–H groups in total. The second-order valence-electron chi connectivity index (χ2n) is 5.47. The highest BCUT2D eigenvalue weighted by atomic mass is 35.5. The fraction of sp³-hybridized carbons (Fsp3) is 0.357. The molecule has 2 atom stereocenters. The van der Waals surface area contributed by atoms with Crippen LogP contribution in [0.2, 0.25) is 5.15 Å². The van der Waals surface area contributed by atoms with E-state index < -0.39 is 5.12 Å².